The molecule has 2 aromatic carbocycles. The minimum absolute atomic E-state index is 0.117. The van der Waals surface area contributed by atoms with Crippen LogP contribution in [-0.4, -0.2) is 30.7 Å². The third-order valence-corrected chi connectivity index (χ3v) is 6.89. The van der Waals surface area contributed by atoms with Crippen molar-refractivity contribution in [1.82, 2.24) is 14.5 Å². The van der Waals surface area contributed by atoms with E-state index in [1.165, 1.54) is 34.1 Å². The van der Waals surface area contributed by atoms with Gasteiger partial charge >= 0.3 is 0 Å². The van der Waals surface area contributed by atoms with E-state index in [9.17, 15) is 13.2 Å². The van der Waals surface area contributed by atoms with E-state index in [0.717, 1.165) is 15.5 Å². The van der Waals surface area contributed by atoms with Crippen LogP contribution in [0.5, 0.6) is 0 Å². The van der Waals surface area contributed by atoms with Gasteiger partial charge < -0.3 is 0 Å². The number of carbonyl (C=O) groups excluding carboxylic acids is 1. The summed E-state index contributed by atoms with van der Waals surface area (Å²) in [6.45, 7) is 5.30. The Labute approximate surface area is 169 Å². The van der Waals surface area contributed by atoms with E-state index in [4.69, 9.17) is 0 Å². The number of hydrogen-bond donors (Lipinski definition) is 1. The zero-order valence-corrected chi connectivity index (χ0v) is 17.5. The SMILES string of the molecule is Cc1ccc(Sc2c(C)nn(C(=O)CNS(=O)(=O)c3ccccc3)c2C)cc1. The smallest absolute Gasteiger partial charge is 0.262 e. The molecule has 0 amide bonds. The van der Waals surface area contributed by atoms with E-state index in [0.29, 0.717) is 5.69 Å². The topological polar surface area (TPSA) is 81.1 Å². The van der Waals surface area contributed by atoms with Crippen molar-refractivity contribution < 1.29 is 13.2 Å². The van der Waals surface area contributed by atoms with Crippen LogP contribution in [-0.2, 0) is 10.0 Å². The summed E-state index contributed by atoms with van der Waals surface area (Å²) in [7, 11) is -3.75. The van der Waals surface area contributed by atoms with Gasteiger partial charge in [-0.15, -0.1) is 0 Å². The molecule has 6 nitrogen and oxygen atoms in total. The summed E-state index contributed by atoms with van der Waals surface area (Å²) in [6, 6.07) is 16.0. The van der Waals surface area contributed by atoms with Gasteiger partial charge in [0.2, 0.25) is 10.0 Å². The molecule has 8 heteroatoms. The fourth-order valence-electron chi connectivity index (χ4n) is 2.66. The molecule has 1 N–H and O–H groups in total. The molecule has 146 valence electrons. The standard InChI is InChI=1S/C20H21N3O3S2/c1-14-9-11-17(12-10-14)27-20-15(2)22-23(16(20)3)19(24)13-21-28(25,26)18-7-5-4-6-8-18/h4-12,21H,13H2,1-3H3. The second kappa shape index (κ2) is 8.30. The maximum absolute atomic E-state index is 12.6. The molecule has 1 heterocycles. The fraction of sp³-hybridized carbons (Fsp3) is 0.200. The lowest BCUT2D eigenvalue weighted by Gasteiger charge is -2.07. The number of hydrogen-bond acceptors (Lipinski definition) is 5. The van der Waals surface area contributed by atoms with Crippen LogP contribution in [0.25, 0.3) is 0 Å². The van der Waals surface area contributed by atoms with Crippen LogP contribution in [0.1, 0.15) is 21.7 Å². The Bertz CT molecular complexity index is 1090. The summed E-state index contributed by atoms with van der Waals surface area (Å²) in [6.07, 6.45) is 0. The van der Waals surface area contributed by atoms with E-state index in [-0.39, 0.29) is 11.4 Å². The molecule has 3 aromatic rings. The average Bonchev–Trinajstić information content (AvgIpc) is 2.97. The summed E-state index contributed by atoms with van der Waals surface area (Å²) in [4.78, 5) is 14.6. The van der Waals surface area contributed by atoms with Crippen molar-refractivity contribution in [3.05, 3.63) is 71.5 Å². The number of aromatic nitrogens is 2. The van der Waals surface area contributed by atoms with Gasteiger partial charge in [0.05, 0.1) is 27.7 Å². The van der Waals surface area contributed by atoms with Crippen LogP contribution >= 0.6 is 11.8 Å². The number of nitrogens with one attached hydrogen (secondary N) is 1. The molecular formula is C20H21N3O3S2. The molecule has 0 saturated carbocycles. The van der Waals surface area contributed by atoms with Crippen LogP contribution in [0.3, 0.4) is 0 Å². The largest absolute Gasteiger partial charge is 0.271 e. The fourth-order valence-corrected chi connectivity index (χ4v) is 4.58. The van der Waals surface area contributed by atoms with Gasteiger partial charge in [0, 0.05) is 4.90 Å². The lowest BCUT2D eigenvalue weighted by molar-refractivity contribution is 0.0900. The minimum Gasteiger partial charge on any atom is -0.271 e. The van der Waals surface area contributed by atoms with Crippen molar-refractivity contribution in [3.8, 4) is 0 Å². The predicted octanol–water partition coefficient (Wildman–Crippen LogP) is 3.58. The first-order valence-corrected chi connectivity index (χ1v) is 11.0. The van der Waals surface area contributed by atoms with Gasteiger partial charge in [0.1, 0.15) is 0 Å². The summed E-state index contributed by atoms with van der Waals surface area (Å²) < 4.78 is 28.2. The van der Waals surface area contributed by atoms with Gasteiger partial charge in [0.25, 0.3) is 5.91 Å². The molecule has 0 fully saturated rings. The van der Waals surface area contributed by atoms with Crippen LogP contribution in [0.2, 0.25) is 0 Å². The van der Waals surface area contributed by atoms with Crippen LogP contribution in [0.4, 0.5) is 0 Å². The summed E-state index contributed by atoms with van der Waals surface area (Å²) in [5, 5.41) is 4.31. The third-order valence-electron chi connectivity index (χ3n) is 4.17. The molecule has 3 rings (SSSR count). The molecular weight excluding hydrogens is 394 g/mol. The Hall–Kier alpha value is -2.42. The van der Waals surface area contributed by atoms with Crippen molar-refractivity contribution >= 4 is 27.7 Å². The first-order valence-electron chi connectivity index (χ1n) is 8.66. The molecule has 0 aliphatic carbocycles. The monoisotopic (exact) mass is 415 g/mol. The lowest BCUT2D eigenvalue weighted by atomic mass is 10.2. The zero-order valence-electron chi connectivity index (χ0n) is 15.8. The van der Waals surface area contributed by atoms with Crippen molar-refractivity contribution in [2.75, 3.05) is 6.54 Å². The highest BCUT2D eigenvalue weighted by atomic mass is 32.2. The van der Waals surface area contributed by atoms with Crippen LogP contribution in [0.15, 0.2) is 69.3 Å². The number of benzene rings is 2. The first-order chi connectivity index (χ1) is 13.3. The maximum Gasteiger partial charge on any atom is 0.262 e. The van der Waals surface area contributed by atoms with Gasteiger partial charge in [-0.1, -0.05) is 47.7 Å². The average molecular weight is 416 g/mol. The van der Waals surface area contributed by atoms with E-state index in [1.807, 2.05) is 38.1 Å². The maximum atomic E-state index is 12.6. The quantitative estimate of drug-likeness (QED) is 0.666. The molecule has 0 unspecified atom stereocenters. The van der Waals surface area contributed by atoms with E-state index in [1.54, 1.807) is 25.1 Å². The second-order valence-corrected chi connectivity index (χ2v) is 9.21. The zero-order chi connectivity index (χ0) is 20.3. The Morgan fingerprint density at radius 3 is 2.32 bits per heavy atom. The Morgan fingerprint density at radius 2 is 1.68 bits per heavy atom. The van der Waals surface area contributed by atoms with Gasteiger partial charge in [-0.05, 0) is 45.0 Å². The number of carbonyl (C=O) groups is 1. The number of sulfonamides is 1. The van der Waals surface area contributed by atoms with Crippen LogP contribution in [0, 0.1) is 20.8 Å². The first kappa shape index (κ1) is 20.3. The highest BCUT2D eigenvalue weighted by Gasteiger charge is 2.20. The Balaban J connectivity index is 1.75. The van der Waals surface area contributed by atoms with Gasteiger partial charge in [0.15, 0.2) is 0 Å². The van der Waals surface area contributed by atoms with Crippen LogP contribution < -0.4 is 4.72 Å². The molecule has 1 aromatic heterocycles. The number of aryl methyl sites for hydroxylation is 2. The number of rotatable bonds is 6. The van der Waals surface area contributed by atoms with Crippen molar-refractivity contribution in [3.63, 3.8) is 0 Å². The summed E-state index contributed by atoms with van der Waals surface area (Å²) in [5.74, 6) is -0.434. The molecule has 28 heavy (non-hydrogen) atoms. The Kier molecular flexibility index (Phi) is 6.02. The second-order valence-electron chi connectivity index (χ2n) is 6.36. The molecule has 0 aliphatic rings. The molecule has 0 spiro atoms. The summed E-state index contributed by atoms with van der Waals surface area (Å²) >= 11 is 1.53. The van der Waals surface area contributed by atoms with Gasteiger partial charge in [-0.3, -0.25) is 4.79 Å². The van der Waals surface area contributed by atoms with E-state index < -0.39 is 15.9 Å². The lowest BCUT2D eigenvalue weighted by Crippen LogP contribution is -2.33. The molecule has 0 bridgehead atoms. The summed E-state index contributed by atoms with van der Waals surface area (Å²) in [5.41, 5.74) is 2.59. The van der Waals surface area contributed by atoms with Gasteiger partial charge in [-0.2, -0.15) is 5.10 Å². The predicted molar refractivity (Wildman–Crippen MR) is 109 cm³/mol. The molecule has 0 aliphatic heterocycles. The highest BCUT2D eigenvalue weighted by Crippen LogP contribution is 2.32. The molecule has 0 radical (unpaired) electrons. The molecule has 0 saturated heterocycles. The van der Waals surface area contributed by atoms with Gasteiger partial charge in [-0.25, -0.2) is 17.8 Å². The Morgan fingerprint density at radius 1 is 1.04 bits per heavy atom. The van der Waals surface area contributed by atoms with Crippen molar-refractivity contribution in [2.24, 2.45) is 0 Å². The third kappa shape index (κ3) is 4.52. The van der Waals surface area contributed by atoms with E-state index in [2.05, 4.69) is 9.82 Å². The van der Waals surface area contributed by atoms with Crippen molar-refractivity contribution in [1.29, 1.82) is 0 Å². The molecule has 0 atom stereocenters. The van der Waals surface area contributed by atoms with E-state index >= 15 is 0 Å². The number of nitrogens with zero attached hydrogens (tertiary/aromatic N) is 2. The minimum atomic E-state index is -3.75. The highest BCUT2D eigenvalue weighted by molar-refractivity contribution is 7.99. The normalized spacial score (nSPS) is 11.5. The van der Waals surface area contributed by atoms with Crippen molar-refractivity contribution in [2.45, 2.75) is 35.5 Å².